The fourth-order valence-corrected chi connectivity index (χ4v) is 4.67. The molecule has 3 heterocycles. The van der Waals surface area contributed by atoms with E-state index >= 15 is 0 Å². The topological polar surface area (TPSA) is 249 Å². The minimum atomic E-state index is -4.42. The molecule has 2 aromatic heterocycles. The number of Topliss-reactive ketones (excluding diaryl/α,β-unsaturated/α-hetero) is 1. The van der Waals surface area contributed by atoms with Crippen LogP contribution in [0.1, 0.15) is 39.8 Å². The van der Waals surface area contributed by atoms with Crippen LogP contribution in [-0.4, -0.2) is 85.8 Å². The van der Waals surface area contributed by atoms with Crippen LogP contribution >= 0.6 is 0 Å². The summed E-state index contributed by atoms with van der Waals surface area (Å²) in [6.45, 7) is -0.512. The van der Waals surface area contributed by atoms with Crippen LogP contribution in [0.4, 0.5) is 5.82 Å². The van der Waals surface area contributed by atoms with E-state index in [0.29, 0.717) is 0 Å². The van der Waals surface area contributed by atoms with E-state index in [1.54, 1.807) is 4.72 Å². The molecule has 1 amide bonds. The van der Waals surface area contributed by atoms with Gasteiger partial charge >= 0.3 is 16.2 Å². The molecule has 1 fully saturated rings. The van der Waals surface area contributed by atoms with Gasteiger partial charge in [0, 0.05) is 24.9 Å². The Morgan fingerprint density at radius 3 is 2.55 bits per heavy atom. The number of aromatic nitrogens is 4. The highest BCUT2D eigenvalue weighted by Gasteiger charge is 2.44. The number of amides is 1. The van der Waals surface area contributed by atoms with E-state index < -0.39 is 65.4 Å². The maximum Gasteiger partial charge on any atom is 0.335 e. The first-order chi connectivity index (χ1) is 18.0. The first-order valence-electron chi connectivity index (χ1n) is 11.1. The van der Waals surface area contributed by atoms with Gasteiger partial charge in [-0.25, -0.2) is 24.5 Å². The normalized spacial score (nSPS) is 21.4. The standard InChI is InChI=1S/C21H23N7O9S/c22-18-15-19(24-8-23-18)28(9-25-15)20-17(32)16(31)13(37-20)7-26-38(35,36)27-14(30)5-4-12(29)10-2-1-3-11(6-10)21(33)34/h1-3,6,8-9,13,16-17,20,26,31-32H,4-5,7H2,(H,27,30)(H,33,34)(H2,22,23,24)/t13-,16-,17-,20?/m1/s1. The van der Waals surface area contributed by atoms with Crippen molar-refractivity contribution >= 4 is 44.9 Å². The minimum absolute atomic E-state index is 0.0685. The van der Waals surface area contributed by atoms with E-state index in [0.717, 1.165) is 6.07 Å². The molecule has 0 saturated carbocycles. The van der Waals surface area contributed by atoms with Gasteiger partial charge in [-0.05, 0) is 12.1 Å². The maximum atomic E-state index is 12.3. The Morgan fingerprint density at radius 1 is 1.08 bits per heavy atom. The Balaban J connectivity index is 1.31. The largest absolute Gasteiger partial charge is 0.478 e. The van der Waals surface area contributed by atoms with E-state index in [-0.39, 0.29) is 34.5 Å². The summed E-state index contributed by atoms with van der Waals surface area (Å²) in [6, 6.07) is 5.22. The first-order valence-corrected chi connectivity index (χ1v) is 12.6. The first kappa shape index (κ1) is 27.0. The van der Waals surface area contributed by atoms with Crippen molar-refractivity contribution in [2.24, 2.45) is 0 Å². The maximum absolute atomic E-state index is 12.3. The minimum Gasteiger partial charge on any atom is -0.478 e. The van der Waals surface area contributed by atoms with Crippen LogP contribution in [0.2, 0.25) is 0 Å². The second-order valence-electron chi connectivity index (χ2n) is 8.32. The second-order valence-corrected chi connectivity index (χ2v) is 9.82. The SMILES string of the molecule is Nc1ncnc2c1ncn2C1O[C@H](CNS(=O)(=O)NC(=O)CCC(=O)c2cccc(C(=O)O)c2)[C@@H](O)[C@H]1O. The van der Waals surface area contributed by atoms with Gasteiger partial charge in [0.05, 0.1) is 11.9 Å². The van der Waals surface area contributed by atoms with Crippen molar-refractivity contribution in [3.8, 4) is 0 Å². The Kier molecular flexibility index (Phi) is 7.65. The molecule has 7 N–H and O–H groups in total. The Hall–Kier alpha value is -4.03. The molecule has 1 aliphatic heterocycles. The number of carboxylic acid groups (broad SMARTS) is 1. The van der Waals surface area contributed by atoms with Crippen LogP contribution in [0.5, 0.6) is 0 Å². The van der Waals surface area contributed by atoms with E-state index in [1.807, 2.05) is 0 Å². The number of carbonyl (C=O) groups excluding carboxylic acids is 2. The lowest BCUT2D eigenvalue weighted by atomic mass is 10.0. The number of fused-ring (bicyclic) bond motifs is 1. The number of rotatable bonds is 10. The molecule has 4 rings (SSSR count). The fraction of sp³-hybridized carbons (Fsp3) is 0.333. The van der Waals surface area contributed by atoms with Crippen LogP contribution in [0.25, 0.3) is 11.2 Å². The smallest absolute Gasteiger partial charge is 0.335 e. The third kappa shape index (κ3) is 5.76. The van der Waals surface area contributed by atoms with Gasteiger partial charge in [-0.2, -0.15) is 13.1 Å². The summed E-state index contributed by atoms with van der Waals surface area (Å²) in [4.78, 5) is 47.3. The van der Waals surface area contributed by atoms with Crippen LogP contribution in [0.3, 0.4) is 0 Å². The van der Waals surface area contributed by atoms with Crippen LogP contribution in [0.15, 0.2) is 36.9 Å². The zero-order valence-electron chi connectivity index (χ0n) is 19.5. The van der Waals surface area contributed by atoms with E-state index in [2.05, 4.69) is 19.7 Å². The van der Waals surface area contributed by atoms with Crippen LogP contribution < -0.4 is 15.2 Å². The molecular formula is C21H23N7O9S. The van der Waals surface area contributed by atoms with Crippen molar-refractivity contribution in [1.82, 2.24) is 29.0 Å². The van der Waals surface area contributed by atoms with Gasteiger partial charge in [0.2, 0.25) is 5.91 Å². The molecular weight excluding hydrogens is 526 g/mol. The predicted octanol–water partition coefficient (Wildman–Crippen LogP) is -1.66. The summed E-state index contributed by atoms with van der Waals surface area (Å²) in [7, 11) is -4.42. The van der Waals surface area contributed by atoms with Crippen molar-refractivity contribution in [2.45, 2.75) is 37.4 Å². The number of imidazole rings is 1. The summed E-state index contributed by atoms with van der Waals surface area (Å²) in [5.74, 6) is -2.66. The highest BCUT2D eigenvalue weighted by atomic mass is 32.2. The van der Waals surface area contributed by atoms with Gasteiger partial charge in [-0.3, -0.25) is 14.2 Å². The zero-order chi connectivity index (χ0) is 27.6. The van der Waals surface area contributed by atoms with Gasteiger partial charge in [-0.15, -0.1) is 0 Å². The summed E-state index contributed by atoms with van der Waals surface area (Å²) in [5.41, 5.74) is 6.19. The van der Waals surface area contributed by atoms with Crippen molar-refractivity contribution in [3.05, 3.63) is 48.0 Å². The molecule has 202 valence electrons. The van der Waals surface area contributed by atoms with Gasteiger partial charge < -0.3 is 25.8 Å². The number of ketones is 1. The molecule has 0 spiro atoms. The molecule has 0 bridgehead atoms. The fourth-order valence-electron chi connectivity index (χ4n) is 3.81. The van der Waals surface area contributed by atoms with Gasteiger partial charge in [0.1, 0.15) is 30.2 Å². The molecule has 3 aromatic rings. The van der Waals surface area contributed by atoms with Crippen molar-refractivity contribution in [3.63, 3.8) is 0 Å². The molecule has 1 aliphatic rings. The number of nitrogen functional groups attached to an aromatic ring is 1. The quantitative estimate of drug-likeness (QED) is 0.155. The zero-order valence-corrected chi connectivity index (χ0v) is 20.3. The molecule has 0 radical (unpaired) electrons. The summed E-state index contributed by atoms with van der Waals surface area (Å²) in [5, 5.41) is 29.8. The molecule has 0 aliphatic carbocycles. The number of aromatic carboxylic acids is 1. The highest BCUT2D eigenvalue weighted by Crippen LogP contribution is 2.31. The van der Waals surface area contributed by atoms with E-state index in [1.165, 1.54) is 35.4 Å². The second kappa shape index (κ2) is 10.8. The predicted molar refractivity (Wildman–Crippen MR) is 128 cm³/mol. The number of carboxylic acids is 1. The number of nitrogens with one attached hydrogen (secondary N) is 2. The molecule has 16 nitrogen and oxygen atoms in total. The number of anilines is 1. The van der Waals surface area contributed by atoms with E-state index in [4.69, 9.17) is 15.6 Å². The number of hydrogen-bond donors (Lipinski definition) is 6. The number of benzene rings is 1. The van der Waals surface area contributed by atoms with Crippen LogP contribution in [-0.2, 0) is 19.7 Å². The lowest BCUT2D eigenvalue weighted by Crippen LogP contribution is -2.45. The van der Waals surface area contributed by atoms with Crippen molar-refractivity contribution in [2.75, 3.05) is 12.3 Å². The number of hydrogen-bond acceptors (Lipinski definition) is 12. The number of nitrogens with zero attached hydrogens (tertiary/aromatic N) is 4. The average molecular weight is 550 g/mol. The molecule has 1 unspecified atom stereocenters. The third-order valence-electron chi connectivity index (χ3n) is 5.73. The van der Waals surface area contributed by atoms with E-state index in [9.17, 15) is 33.0 Å². The number of nitrogens with two attached hydrogens (primary N) is 1. The van der Waals surface area contributed by atoms with Gasteiger partial charge in [0.25, 0.3) is 0 Å². The third-order valence-corrected chi connectivity index (χ3v) is 6.77. The summed E-state index contributed by atoms with van der Waals surface area (Å²) >= 11 is 0. The number of carbonyl (C=O) groups is 3. The van der Waals surface area contributed by atoms with Gasteiger partial charge in [-0.1, -0.05) is 12.1 Å². The van der Waals surface area contributed by atoms with Crippen LogP contribution in [0, 0.1) is 0 Å². The Labute approximate surface area is 214 Å². The molecule has 1 saturated heterocycles. The molecule has 4 atom stereocenters. The van der Waals surface area contributed by atoms with Crippen molar-refractivity contribution < 1.29 is 42.9 Å². The summed E-state index contributed by atoms with van der Waals surface area (Å²) < 4.78 is 35.4. The monoisotopic (exact) mass is 549 g/mol. The van der Waals surface area contributed by atoms with Crippen molar-refractivity contribution in [1.29, 1.82) is 0 Å². The molecule has 38 heavy (non-hydrogen) atoms. The average Bonchev–Trinajstić information content (AvgIpc) is 3.43. The number of aliphatic hydroxyl groups excluding tert-OH is 2. The Bertz CT molecular complexity index is 1490. The lowest BCUT2D eigenvalue weighted by molar-refractivity contribution is -0.119. The Morgan fingerprint density at radius 2 is 1.82 bits per heavy atom. The number of aliphatic hydroxyl groups is 2. The summed E-state index contributed by atoms with van der Waals surface area (Å²) in [6.07, 6.45) is -3.74. The highest BCUT2D eigenvalue weighted by molar-refractivity contribution is 7.88. The number of ether oxygens (including phenoxy) is 1. The lowest BCUT2D eigenvalue weighted by Gasteiger charge is -2.16. The van der Waals surface area contributed by atoms with Gasteiger partial charge in [0.15, 0.2) is 23.5 Å². The molecule has 17 heteroatoms. The molecule has 1 aromatic carbocycles.